The lowest BCUT2D eigenvalue weighted by molar-refractivity contribution is 0.662. The van der Waals surface area contributed by atoms with Gasteiger partial charge in [-0.1, -0.05) is 103 Å². The van der Waals surface area contributed by atoms with E-state index in [9.17, 15) is 0 Å². The predicted octanol–water partition coefficient (Wildman–Crippen LogP) is 8.12. The minimum absolute atomic E-state index is 0.110. The minimum Gasteiger partial charge on any atom is -0.247 e. The third kappa shape index (κ3) is 2.37. The molecule has 0 atom stereocenters. The predicted molar refractivity (Wildman–Crippen MR) is 130 cm³/mol. The first-order chi connectivity index (χ1) is 14.6. The normalized spacial score (nSPS) is 14.1. The van der Waals surface area contributed by atoms with E-state index in [2.05, 4.69) is 115 Å². The van der Waals surface area contributed by atoms with Gasteiger partial charge in [0.1, 0.15) is 0 Å². The molecule has 0 radical (unpaired) electrons. The van der Waals surface area contributed by atoms with Gasteiger partial charge in [-0.05, 0) is 39.8 Å². The number of hydrogen-bond donors (Lipinski definition) is 0. The molecule has 1 aromatic heterocycles. The van der Waals surface area contributed by atoms with Crippen molar-refractivity contribution in [3.63, 3.8) is 0 Å². The third-order valence-corrected chi connectivity index (χ3v) is 7.02. The highest BCUT2D eigenvalue weighted by Gasteiger charge is 2.39. The van der Waals surface area contributed by atoms with Crippen molar-refractivity contribution >= 4 is 37.6 Å². The van der Waals surface area contributed by atoms with Gasteiger partial charge in [0, 0.05) is 26.2 Å². The maximum atomic E-state index is 5.32. The topological polar surface area (TPSA) is 12.9 Å². The molecular weight excluding hydrogens is 430 g/mol. The van der Waals surface area contributed by atoms with E-state index in [4.69, 9.17) is 4.98 Å². The molecule has 30 heavy (non-hydrogen) atoms. The van der Waals surface area contributed by atoms with Crippen molar-refractivity contribution in [3.05, 3.63) is 101 Å². The van der Waals surface area contributed by atoms with E-state index in [0.717, 1.165) is 15.7 Å². The van der Waals surface area contributed by atoms with Crippen LogP contribution in [0.5, 0.6) is 0 Å². The highest BCUT2D eigenvalue weighted by molar-refractivity contribution is 9.10. The number of benzene rings is 4. The van der Waals surface area contributed by atoms with Crippen LogP contribution in [0.4, 0.5) is 0 Å². The lowest BCUT2D eigenvalue weighted by Gasteiger charge is -2.25. The van der Waals surface area contributed by atoms with Gasteiger partial charge in [0.15, 0.2) is 0 Å². The Bertz CT molecular complexity index is 1460. The van der Waals surface area contributed by atoms with Crippen LogP contribution < -0.4 is 0 Å². The first-order valence-electron chi connectivity index (χ1n) is 10.3. The van der Waals surface area contributed by atoms with E-state index in [0.29, 0.717) is 0 Å². The molecule has 4 aromatic carbocycles. The quantitative estimate of drug-likeness (QED) is 0.235. The molecule has 0 amide bonds. The molecule has 0 aliphatic heterocycles. The van der Waals surface area contributed by atoms with Crippen molar-refractivity contribution in [3.8, 4) is 22.4 Å². The number of hydrogen-bond acceptors (Lipinski definition) is 1. The molecule has 0 fully saturated rings. The van der Waals surface area contributed by atoms with Crippen molar-refractivity contribution in [2.75, 3.05) is 0 Å². The highest BCUT2D eigenvalue weighted by atomic mass is 79.9. The Morgan fingerprint density at radius 2 is 1.47 bits per heavy atom. The fourth-order valence-corrected chi connectivity index (χ4v) is 5.35. The summed E-state index contributed by atoms with van der Waals surface area (Å²) in [5, 5.41) is 3.65. The van der Waals surface area contributed by atoms with Gasteiger partial charge in [-0.25, -0.2) is 4.98 Å². The molecule has 2 heteroatoms. The van der Waals surface area contributed by atoms with E-state index >= 15 is 0 Å². The van der Waals surface area contributed by atoms with Crippen molar-refractivity contribution in [1.82, 2.24) is 4.98 Å². The lowest BCUT2D eigenvalue weighted by atomic mass is 9.78. The number of halogens is 1. The van der Waals surface area contributed by atoms with Gasteiger partial charge in [-0.2, -0.15) is 0 Å². The summed E-state index contributed by atoms with van der Waals surface area (Å²) in [6.45, 7) is 4.66. The van der Waals surface area contributed by atoms with Crippen LogP contribution in [0.15, 0.2) is 89.4 Å². The van der Waals surface area contributed by atoms with Crippen molar-refractivity contribution in [2.45, 2.75) is 19.3 Å². The first kappa shape index (κ1) is 17.9. The largest absolute Gasteiger partial charge is 0.247 e. The van der Waals surface area contributed by atoms with Crippen molar-refractivity contribution in [2.24, 2.45) is 0 Å². The van der Waals surface area contributed by atoms with E-state index < -0.39 is 0 Å². The number of fused-ring (bicyclic) bond motifs is 6. The average Bonchev–Trinajstić information content (AvgIpc) is 3.00. The molecule has 0 bridgehead atoms. The standard InChI is InChI=1S/C28H20BrN/c1-28(2)23-10-6-5-9-21(23)27-25(28)24(18-11-14-19(29)15-12-18)22-16-13-17-7-3-4-8-20(17)26(22)30-27/h3-16H,1-2H3. The van der Waals surface area contributed by atoms with Crippen LogP contribution in [0.3, 0.4) is 0 Å². The van der Waals surface area contributed by atoms with E-state index in [1.807, 2.05) is 0 Å². The smallest absolute Gasteiger partial charge is 0.0794 e. The second-order valence-corrected chi connectivity index (χ2v) is 9.49. The lowest BCUT2D eigenvalue weighted by Crippen LogP contribution is -2.16. The summed E-state index contributed by atoms with van der Waals surface area (Å²) in [5.41, 5.74) is 8.56. The molecule has 0 N–H and O–H groups in total. The zero-order chi connectivity index (χ0) is 20.5. The van der Waals surface area contributed by atoms with Crippen LogP contribution in [0.1, 0.15) is 25.0 Å². The SMILES string of the molecule is CC1(C)c2ccccc2-c2nc3c(ccc4ccccc43)c(-c3ccc(Br)cc3)c21. The monoisotopic (exact) mass is 449 g/mol. The zero-order valence-electron chi connectivity index (χ0n) is 16.9. The van der Waals surface area contributed by atoms with Gasteiger partial charge in [0.2, 0.25) is 0 Å². The zero-order valence-corrected chi connectivity index (χ0v) is 18.5. The molecule has 6 rings (SSSR count). The van der Waals surface area contributed by atoms with Crippen LogP contribution >= 0.6 is 15.9 Å². The highest BCUT2D eigenvalue weighted by Crippen LogP contribution is 2.53. The summed E-state index contributed by atoms with van der Waals surface area (Å²) in [5.74, 6) is 0. The average molecular weight is 450 g/mol. The maximum absolute atomic E-state index is 5.32. The first-order valence-corrected chi connectivity index (χ1v) is 11.1. The minimum atomic E-state index is -0.110. The Morgan fingerprint density at radius 1 is 0.733 bits per heavy atom. The molecule has 1 heterocycles. The maximum Gasteiger partial charge on any atom is 0.0794 e. The summed E-state index contributed by atoms with van der Waals surface area (Å²) < 4.78 is 1.09. The van der Waals surface area contributed by atoms with Crippen molar-refractivity contribution < 1.29 is 0 Å². The number of rotatable bonds is 1. The van der Waals surface area contributed by atoms with Crippen LogP contribution in [0.25, 0.3) is 44.1 Å². The molecule has 0 spiro atoms. The van der Waals surface area contributed by atoms with Gasteiger partial charge in [0.05, 0.1) is 11.2 Å². The van der Waals surface area contributed by atoms with Gasteiger partial charge < -0.3 is 0 Å². The Hall–Kier alpha value is -2.97. The molecule has 5 aromatic rings. The molecule has 1 aliphatic rings. The van der Waals surface area contributed by atoms with Gasteiger partial charge in [-0.3, -0.25) is 0 Å². The molecule has 1 nitrogen and oxygen atoms in total. The number of nitrogens with zero attached hydrogens (tertiary/aromatic N) is 1. The Labute approximate surface area is 184 Å². The fourth-order valence-electron chi connectivity index (χ4n) is 5.09. The van der Waals surface area contributed by atoms with Crippen LogP contribution in [0.2, 0.25) is 0 Å². The van der Waals surface area contributed by atoms with Gasteiger partial charge >= 0.3 is 0 Å². The molecule has 0 saturated heterocycles. The summed E-state index contributed by atoms with van der Waals surface area (Å²) in [4.78, 5) is 5.32. The summed E-state index contributed by atoms with van der Waals surface area (Å²) in [7, 11) is 0. The van der Waals surface area contributed by atoms with E-state index in [1.165, 1.54) is 44.0 Å². The third-order valence-electron chi connectivity index (χ3n) is 6.49. The van der Waals surface area contributed by atoms with Crippen molar-refractivity contribution in [1.29, 1.82) is 0 Å². The molecule has 1 aliphatic carbocycles. The van der Waals surface area contributed by atoms with E-state index in [1.54, 1.807) is 0 Å². The summed E-state index contributed by atoms with van der Waals surface area (Å²) in [6.07, 6.45) is 0. The van der Waals surface area contributed by atoms with Gasteiger partial charge in [0.25, 0.3) is 0 Å². The Kier molecular flexibility index (Phi) is 3.73. The van der Waals surface area contributed by atoms with E-state index in [-0.39, 0.29) is 5.41 Å². The summed E-state index contributed by atoms with van der Waals surface area (Å²) in [6, 6.07) is 30.5. The molecule has 144 valence electrons. The van der Waals surface area contributed by atoms with Crippen LogP contribution in [-0.2, 0) is 5.41 Å². The second-order valence-electron chi connectivity index (χ2n) is 8.57. The van der Waals surface area contributed by atoms with Crippen LogP contribution in [0, 0.1) is 0 Å². The summed E-state index contributed by atoms with van der Waals surface area (Å²) >= 11 is 3.60. The molecule has 0 saturated carbocycles. The van der Waals surface area contributed by atoms with Crippen LogP contribution in [-0.4, -0.2) is 4.98 Å². The second kappa shape index (κ2) is 6.26. The Morgan fingerprint density at radius 3 is 2.30 bits per heavy atom. The molecular formula is C28H20BrN. The Balaban J connectivity index is 1.85. The fraction of sp³-hybridized carbons (Fsp3) is 0.107. The number of aromatic nitrogens is 1. The molecule has 0 unspecified atom stereocenters. The number of pyridine rings is 1. The van der Waals surface area contributed by atoms with Gasteiger partial charge in [-0.15, -0.1) is 0 Å².